The van der Waals surface area contributed by atoms with Crippen LogP contribution in [0.3, 0.4) is 0 Å². The number of carboxylic acid groups (broad SMARTS) is 1. The number of aliphatic carboxylic acids is 1. The monoisotopic (exact) mass is 284 g/mol. The Hall–Kier alpha value is -1.10. The molecule has 1 aliphatic heterocycles. The second kappa shape index (κ2) is 7.62. The largest absolute Gasteiger partial charge is 0.481 e. The van der Waals surface area contributed by atoms with E-state index >= 15 is 0 Å². The van der Waals surface area contributed by atoms with Crippen molar-refractivity contribution in [1.29, 1.82) is 0 Å². The second-order valence-electron chi connectivity index (χ2n) is 6.72. The number of carbonyl (C=O) groups is 2. The summed E-state index contributed by atoms with van der Waals surface area (Å²) in [4.78, 5) is 22.6. The summed E-state index contributed by atoms with van der Waals surface area (Å²) in [6.45, 7) is 7.92. The fourth-order valence-corrected chi connectivity index (χ4v) is 2.71. The van der Waals surface area contributed by atoms with Gasteiger partial charge >= 0.3 is 5.97 Å². The maximum absolute atomic E-state index is 11.9. The predicted octanol–water partition coefficient (Wildman–Crippen LogP) is 1.77. The maximum atomic E-state index is 11.9. The van der Waals surface area contributed by atoms with E-state index in [1.807, 2.05) is 0 Å². The second-order valence-corrected chi connectivity index (χ2v) is 6.72. The first-order valence-electron chi connectivity index (χ1n) is 7.53. The van der Waals surface area contributed by atoms with E-state index in [4.69, 9.17) is 5.11 Å². The molecule has 3 N–H and O–H groups in total. The smallest absolute Gasteiger partial charge is 0.303 e. The maximum Gasteiger partial charge on any atom is 0.303 e. The van der Waals surface area contributed by atoms with Crippen molar-refractivity contribution < 1.29 is 14.7 Å². The zero-order valence-corrected chi connectivity index (χ0v) is 12.9. The number of rotatable bonds is 7. The summed E-state index contributed by atoms with van der Waals surface area (Å²) in [5.41, 5.74) is 0.0613. The average molecular weight is 284 g/mol. The number of hydrogen-bond donors (Lipinski definition) is 3. The molecule has 0 radical (unpaired) electrons. The van der Waals surface area contributed by atoms with Gasteiger partial charge in [-0.1, -0.05) is 20.8 Å². The molecule has 5 nitrogen and oxygen atoms in total. The Morgan fingerprint density at radius 3 is 2.55 bits per heavy atom. The lowest BCUT2D eigenvalue weighted by molar-refractivity contribution is -0.137. The summed E-state index contributed by atoms with van der Waals surface area (Å²) in [5, 5.41) is 14.9. The Morgan fingerprint density at radius 1 is 1.35 bits per heavy atom. The van der Waals surface area contributed by atoms with Crippen molar-refractivity contribution in [1.82, 2.24) is 10.6 Å². The average Bonchev–Trinajstić information content (AvgIpc) is 2.84. The molecule has 1 amide bonds. The van der Waals surface area contributed by atoms with E-state index in [2.05, 4.69) is 31.4 Å². The Morgan fingerprint density at radius 2 is 2.05 bits per heavy atom. The van der Waals surface area contributed by atoms with E-state index in [0.29, 0.717) is 18.9 Å². The van der Waals surface area contributed by atoms with Gasteiger partial charge in [-0.05, 0) is 43.6 Å². The lowest BCUT2D eigenvalue weighted by Crippen LogP contribution is -2.41. The third kappa shape index (κ3) is 5.90. The molecule has 116 valence electrons. The number of carbonyl (C=O) groups excluding carboxylic acids is 1. The molecule has 0 saturated carbocycles. The molecule has 1 fully saturated rings. The van der Waals surface area contributed by atoms with E-state index in [1.54, 1.807) is 0 Å². The fourth-order valence-electron chi connectivity index (χ4n) is 2.71. The molecule has 1 saturated heterocycles. The Balaban J connectivity index is 2.33. The minimum Gasteiger partial charge on any atom is -0.481 e. The minimum atomic E-state index is -0.751. The van der Waals surface area contributed by atoms with Gasteiger partial charge in [-0.15, -0.1) is 0 Å². The van der Waals surface area contributed by atoms with Gasteiger partial charge in [0.2, 0.25) is 5.91 Å². The van der Waals surface area contributed by atoms with Crippen LogP contribution in [0.5, 0.6) is 0 Å². The number of carboxylic acids is 1. The highest BCUT2D eigenvalue weighted by Crippen LogP contribution is 2.32. The van der Waals surface area contributed by atoms with Gasteiger partial charge in [0.15, 0.2) is 0 Å². The summed E-state index contributed by atoms with van der Waals surface area (Å²) in [6, 6.07) is -0.0397. The van der Waals surface area contributed by atoms with E-state index in [-0.39, 0.29) is 23.8 Å². The molecule has 2 unspecified atom stereocenters. The summed E-state index contributed by atoms with van der Waals surface area (Å²) in [5.74, 6) is -0.373. The van der Waals surface area contributed by atoms with Crippen LogP contribution in [-0.2, 0) is 9.59 Å². The van der Waals surface area contributed by atoms with Crippen molar-refractivity contribution in [3.05, 3.63) is 0 Å². The molecule has 0 bridgehead atoms. The number of hydrogen-bond acceptors (Lipinski definition) is 3. The van der Waals surface area contributed by atoms with Crippen molar-refractivity contribution in [3.8, 4) is 0 Å². The molecule has 0 aromatic heterocycles. The lowest BCUT2D eigenvalue weighted by Gasteiger charge is -2.30. The first-order valence-corrected chi connectivity index (χ1v) is 7.53. The molecule has 0 aromatic carbocycles. The molecular formula is C15H28N2O3. The molecule has 0 spiro atoms. The van der Waals surface area contributed by atoms with E-state index in [0.717, 1.165) is 25.8 Å². The summed E-state index contributed by atoms with van der Waals surface area (Å²) in [6.07, 6.45) is 3.65. The van der Waals surface area contributed by atoms with Crippen LogP contribution in [0.4, 0.5) is 0 Å². The van der Waals surface area contributed by atoms with Gasteiger partial charge in [0.05, 0.1) is 6.04 Å². The zero-order chi connectivity index (χ0) is 15.2. The van der Waals surface area contributed by atoms with Gasteiger partial charge in [-0.3, -0.25) is 9.59 Å². The van der Waals surface area contributed by atoms with Crippen LogP contribution >= 0.6 is 0 Å². The number of nitrogens with one attached hydrogen (secondary N) is 2. The van der Waals surface area contributed by atoms with Crippen LogP contribution in [0, 0.1) is 11.3 Å². The Labute approximate surface area is 121 Å². The summed E-state index contributed by atoms with van der Waals surface area (Å²) >= 11 is 0. The first kappa shape index (κ1) is 17.0. The molecule has 1 heterocycles. The molecule has 20 heavy (non-hydrogen) atoms. The fraction of sp³-hybridized carbons (Fsp3) is 0.867. The van der Waals surface area contributed by atoms with Crippen LogP contribution in [-0.4, -0.2) is 36.1 Å². The van der Waals surface area contributed by atoms with Gasteiger partial charge in [0.25, 0.3) is 0 Å². The van der Waals surface area contributed by atoms with Crippen LogP contribution in [0.25, 0.3) is 0 Å². The van der Waals surface area contributed by atoms with Crippen LogP contribution in [0.1, 0.15) is 52.9 Å². The predicted molar refractivity (Wildman–Crippen MR) is 78.5 cm³/mol. The van der Waals surface area contributed by atoms with E-state index in [9.17, 15) is 9.59 Å². The van der Waals surface area contributed by atoms with Crippen molar-refractivity contribution in [2.45, 2.75) is 58.9 Å². The molecule has 2 atom stereocenters. The molecule has 5 heteroatoms. The van der Waals surface area contributed by atoms with Gasteiger partial charge in [-0.25, -0.2) is 0 Å². The highest BCUT2D eigenvalue weighted by Gasteiger charge is 2.26. The van der Waals surface area contributed by atoms with Gasteiger partial charge in [0.1, 0.15) is 0 Å². The summed E-state index contributed by atoms with van der Waals surface area (Å²) in [7, 11) is 0. The zero-order valence-electron chi connectivity index (χ0n) is 12.9. The lowest BCUT2D eigenvalue weighted by atomic mass is 9.76. The minimum absolute atomic E-state index is 0.0397. The molecule has 0 aromatic rings. The highest BCUT2D eigenvalue weighted by molar-refractivity contribution is 5.81. The molecule has 1 aliphatic rings. The van der Waals surface area contributed by atoms with Gasteiger partial charge in [-0.2, -0.15) is 0 Å². The standard InChI is InChI=1S/C15H28N2O3/c1-15(2,3)11(6-7-13(18)19)8-10-17-14(20)12-5-4-9-16-12/h11-12,16H,4-10H2,1-3H3,(H,17,20)(H,18,19). The molecular weight excluding hydrogens is 256 g/mol. The van der Waals surface area contributed by atoms with Crippen LogP contribution < -0.4 is 10.6 Å². The number of amides is 1. The first-order chi connectivity index (χ1) is 9.30. The third-order valence-electron chi connectivity index (χ3n) is 4.10. The Kier molecular flexibility index (Phi) is 6.46. The SMILES string of the molecule is CC(C)(C)C(CCNC(=O)C1CCCN1)CCC(=O)O. The van der Waals surface area contributed by atoms with E-state index < -0.39 is 5.97 Å². The van der Waals surface area contributed by atoms with Crippen molar-refractivity contribution in [2.24, 2.45) is 11.3 Å². The van der Waals surface area contributed by atoms with Crippen LogP contribution in [0.15, 0.2) is 0 Å². The van der Waals surface area contributed by atoms with Crippen molar-refractivity contribution in [2.75, 3.05) is 13.1 Å². The molecule has 1 rings (SSSR count). The van der Waals surface area contributed by atoms with Crippen LogP contribution in [0.2, 0.25) is 0 Å². The van der Waals surface area contributed by atoms with Gasteiger partial charge < -0.3 is 15.7 Å². The highest BCUT2D eigenvalue weighted by atomic mass is 16.4. The third-order valence-corrected chi connectivity index (χ3v) is 4.10. The summed E-state index contributed by atoms with van der Waals surface area (Å²) < 4.78 is 0. The van der Waals surface area contributed by atoms with Crippen molar-refractivity contribution >= 4 is 11.9 Å². The van der Waals surface area contributed by atoms with Crippen molar-refractivity contribution in [3.63, 3.8) is 0 Å². The van der Waals surface area contributed by atoms with E-state index in [1.165, 1.54) is 0 Å². The van der Waals surface area contributed by atoms with Gasteiger partial charge in [0, 0.05) is 13.0 Å². The quantitative estimate of drug-likeness (QED) is 0.666. The normalized spacial score (nSPS) is 20.6. The topological polar surface area (TPSA) is 78.4 Å². The Bertz CT molecular complexity index is 331. The molecule has 0 aliphatic carbocycles.